The van der Waals surface area contributed by atoms with Gasteiger partial charge in [0.25, 0.3) is 0 Å². The summed E-state index contributed by atoms with van der Waals surface area (Å²) in [5, 5.41) is 9.36. The highest BCUT2D eigenvalue weighted by Crippen LogP contribution is 2.50. The minimum atomic E-state index is -0.900. The molecule has 1 aromatic rings. The van der Waals surface area contributed by atoms with Gasteiger partial charge in [-0.15, -0.1) is 0 Å². The Morgan fingerprint density at radius 1 is 1.43 bits per heavy atom. The Labute approximate surface area is 80.4 Å². The molecule has 0 bridgehead atoms. The fraction of sp³-hybridized carbons (Fsp3) is 0.400. The average Bonchev–Trinajstić information content (AvgIpc) is 2.90. The molecule has 76 valence electrons. The lowest BCUT2D eigenvalue weighted by molar-refractivity contribution is 0.420. The van der Waals surface area contributed by atoms with Crippen molar-refractivity contribution in [3.05, 3.63) is 29.3 Å². The van der Waals surface area contributed by atoms with E-state index in [1.165, 1.54) is 6.07 Å². The Morgan fingerprint density at radius 2 is 2.14 bits per heavy atom. The van der Waals surface area contributed by atoms with Gasteiger partial charge in [0.15, 0.2) is 11.6 Å². The van der Waals surface area contributed by atoms with Crippen LogP contribution in [-0.2, 0) is 0 Å². The number of rotatable bonds is 2. The molecule has 1 aliphatic carbocycles. The van der Waals surface area contributed by atoms with Crippen molar-refractivity contribution >= 4 is 0 Å². The van der Waals surface area contributed by atoms with Gasteiger partial charge in [-0.2, -0.15) is 0 Å². The molecule has 0 aliphatic heterocycles. The quantitative estimate of drug-likeness (QED) is 0.762. The molecule has 1 aliphatic rings. The van der Waals surface area contributed by atoms with Crippen molar-refractivity contribution in [1.82, 2.24) is 0 Å². The zero-order valence-corrected chi connectivity index (χ0v) is 7.50. The zero-order valence-electron chi connectivity index (χ0n) is 7.50. The van der Waals surface area contributed by atoms with Gasteiger partial charge in [0.1, 0.15) is 5.82 Å². The van der Waals surface area contributed by atoms with E-state index in [-0.39, 0.29) is 11.8 Å². The molecule has 1 aromatic carbocycles. The summed E-state index contributed by atoms with van der Waals surface area (Å²) in [6.07, 6.45) is 0.799. The van der Waals surface area contributed by atoms with E-state index in [1.807, 2.05) is 0 Å². The smallest absolute Gasteiger partial charge is 0.168 e. The average molecular weight is 199 g/mol. The zero-order chi connectivity index (χ0) is 10.3. The molecular weight excluding hydrogens is 188 g/mol. The van der Waals surface area contributed by atoms with Crippen LogP contribution in [0.2, 0.25) is 0 Å². The lowest BCUT2D eigenvalue weighted by atomic mass is 10.1. The fourth-order valence-electron chi connectivity index (χ4n) is 1.76. The Kier molecular flexibility index (Phi) is 2.15. The van der Waals surface area contributed by atoms with Crippen LogP contribution in [0.1, 0.15) is 17.9 Å². The molecule has 0 saturated heterocycles. The standard InChI is InChI=1S/C10H11F2NO/c11-6-2-8(7-1-5(7)4-13)10(14)9(12)3-6/h2-3,5,7,14H,1,4,13H2. The number of halogens is 2. The highest BCUT2D eigenvalue weighted by Gasteiger charge is 2.39. The van der Waals surface area contributed by atoms with Crippen molar-refractivity contribution in [1.29, 1.82) is 0 Å². The van der Waals surface area contributed by atoms with Gasteiger partial charge in [-0.25, -0.2) is 8.78 Å². The molecule has 2 unspecified atom stereocenters. The SMILES string of the molecule is NCC1CC1c1cc(F)cc(F)c1O. The third-order valence-corrected chi connectivity index (χ3v) is 2.68. The molecule has 4 heteroatoms. The second-order valence-electron chi connectivity index (χ2n) is 3.66. The Hall–Kier alpha value is -1.16. The van der Waals surface area contributed by atoms with Crippen LogP contribution in [0.5, 0.6) is 5.75 Å². The van der Waals surface area contributed by atoms with E-state index < -0.39 is 17.4 Å². The van der Waals surface area contributed by atoms with E-state index in [1.54, 1.807) is 0 Å². The molecule has 0 amide bonds. The predicted octanol–water partition coefficient (Wildman–Crippen LogP) is 1.73. The van der Waals surface area contributed by atoms with Gasteiger partial charge in [0.2, 0.25) is 0 Å². The topological polar surface area (TPSA) is 46.2 Å². The van der Waals surface area contributed by atoms with Crippen LogP contribution in [0.3, 0.4) is 0 Å². The Bertz CT molecular complexity index is 367. The summed E-state index contributed by atoms with van der Waals surface area (Å²) in [5.74, 6) is -1.72. The summed E-state index contributed by atoms with van der Waals surface area (Å²) in [5.41, 5.74) is 5.76. The molecule has 0 spiro atoms. The lowest BCUT2D eigenvalue weighted by Crippen LogP contribution is -2.02. The highest BCUT2D eigenvalue weighted by molar-refractivity contribution is 5.40. The fourth-order valence-corrected chi connectivity index (χ4v) is 1.76. The van der Waals surface area contributed by atoms with Gasteiger partial charge < -0.3 is 10.8 Å². The van der Waals surface area contributed by atoms with Crippen LogP contribution in [-0.4, -0.2) is 11.7 Å². The van der Waals surface area contributed by atoms with Gasteiger partial charge in [-0.1, -0.05) is 0 Å². The number of phenolic OH excluding ortho intramolecular Hbond substituents is 1. The van der Waals surface area contributed by atoms with Crippen molar-refractivity contribution in [2.45, 2.75) is 12.3 Å². The molecule has 0 aromatic heterocycles. The molecule has 14 heavy (non-hydrogen) atoms. The van der Waals surface area contributed by atoms with Crippen molar-refractivity contribution in [2.75, 3.05) is 6.54 Å². The molecule has 1 fully saturated rings. The maximum Gasteiger partial charge on any atom is 0.168 e. The maximum atomic E-state index is 12.9. The molecular formula is C10H11F2NO. The van der Waals surface area contributed by atoms with Crippen molar-refractivity contribution in [2.24, 2.45) is 11.7 Å². The molecule has 2 nitrogen and oxygen atoms in total. The first-order valence-electron chi connectivity index (χ1n) is 4.51. The van der Waals surface area contributed by atoms with Gasteiger partial charge in [-0.3, -0.25) is 0 Å². The van der Waals surface area contributed by atoms with E-state index in [0.29, 0.717) is 18.2 Å². The molecule has 1 saturated carbocycles. The summed E-state index contributed by atoms with van der Waals surface area (Å²) < 4.78 is 25.8. The van der Waals surface area contributed by atoms with Crippen LogP contribution in [0.15, 0.2) is 12.1 Å². The maximum absolute atomic E-state index is 12.9. The van der Waals surface area contributed by atoms with E-state index in [4.69, 9.17) is 5.73 Å². The Morgan fingerprint density at radius 3 is 2.71 bits per heavy atom. The van der Waals surface area contributed by atoms with Crippen LogP contribution < -0.4 is 5.73 Å². The van der Waals surface area contributed by atoms with Crippen molar-refractivity contribution in [3.63, 3.8) is 0 Å². The third kappa shape index (κ3) is 1.46. The molecule has 0 heterocycles. The number of hydrogen-bond donors (Lipinski definition) is 2. The Balaban J connectivity index is 2.34. The first-order valence-corrected chi connectivity index (χ1v) is 4.51. The number of hydrogen-bond acceptors (Lipinski definition) is 2. The van der Waals surface area contributed by atoms with Crippen LogP contribution in [0, 0.1) is 17.6 Å². The van der Waals surface area contributed by atoms with E-state index in [9.17, 15) is 13.9 Å². The number of nitrogens with two attached hydrogens (primary N) is 1. The second kappa shape index (κ2) is 3.20. The minimum absolute atomic E-state index is 0.0187. The van der Waals surface area contributed by atoms with Gasteiger partial charge in [0, 0.05) is 11.6 Å². The highest BCUT2D eigenvalue weighted by atomic mass is 19.1. The van der Waals surface area contributed by atoms with Crippen molar-refractivity contribution in [3.8, 4) is 5.75 Å². The van der Waals surface area contributed by atoms with E-state index >= 15 is 0 Å². The van der Waals surface area contributed by atoms with Gasteiger partial charge in [0.05, 0.1) is 0 Å². The normalized spacial score (nSPS) is 25.1. The number of phenols is 1. The van der Waals surface area contributed by atoms with E-state index in [2.05, 4.69) is 0 Å². The van der Waals surface area contributed by atoms with Crippen LogP contribution >= 0.6 is 0 Å². The van der Waals surface area contributed by atoms with Crippen LogP contribution in [0.25, 0.3) is 0 Å². The summed E-state index contributed by atoms with van der Waals surface area (Å²) in [7, 11) is 0. The first-order chi connectivity index (χ1) is 6.63. The number of aromatic hydroxyl groups is 1. The summed E-state index contributed by atoms with van der Waals surface area (Å²) in [6.45, 7) is 0.488. The summed E-state index contributed by atoms with van der Waals surface area (Å²) in [6, 6.07) is 1.86. The summed E-state index contributed by atoms with van der Waals surface area (Å²) in [4.78, 5) is 0. The first kappa shape index (κ1) is 9.40. The summed E-state index contributed by atoms with van der Waals surface area (Å²) >= 11 is 0. The largest absolute Gasteiger partial charge is 0.505 e. The lowest BCUT2D eigenvalue weighted by Gasteiger charge is -2.04. The predicted molar refractivity (Wildman–Crippen MR) is 47.9 cm³/mol. The molecule has 2 atom stereocenters. The number of benzene rings is 1. The molecule has 2 rings (SSSR count). The second-order valence-corrected chi connectivity index (χ2v) is 3.66. The monoisotopic (exact) mass is 199 g/mol. The van der Waals surface area contributed by atoms with Gasteiger partial charge in [-0.05, 0) is 30.9 Å². The van der Waals surface area contributed by atoms with E-state index in [0.717, 1.165) is 6.42 Å². The van der Waals surface area contributed by atoms with Crippen molar-refractivity contribution < 1.29 is 13.9 Å². The van der Waals surface area contributed by atoms with Gasteiger partial charge >= 0.3 is 0 Å². The third-order valence-electron chi connectivity index (χ3n) is 2.68. The minimum Gasteiger partial charge on any atom is -0.505 e. The molecule has 3 N–H and O–H groups in total. The van der Waals surface area contributed by atoms with Crippen LogP contribution in [0.4, 0.5) is 8.78 Å². The molecule has 0 radical (unpaired) electrons.